The quantitative estimate of drug-likeness (QED) is 0.375. The third-order valence-corrected chi connectivity index (χ3v) is 5.68. The van der Waals surface area contributed by atoms with Crippen molar-refractivity contribution in [1.29, 1.82) is 0 Å². The van der Waals surface area contributed by atoms with Gasteiger partial charge in [0.1, 0.15) is 17.2 Å². The van der Waals surface area contributed by atoms with Crippen LogP contribution in [0, 0.1) is 6.07 Å². The molecule has 0 bridgehead atoms. The summed E-state index contributed by atoms with van der Waals surface area (Å²) in [6.07, 6.45) is -0.808. The van der Waals surface area contributed by atoms with Crippen LogP contribution in [0.15, 0.2) is 115 Å². The van der Waals surface area contributed by atoms with Gasteiger partial charge in [-0.05, 0) is 54.6 Å². The molecule has 1 aliphatic rings. The summed E-state index contributed by atoms with van der Waals surface area (Å²) in [6, 6.07) is 40.8. The third kappa shape index (κ3) is 5.29. The Bertz CT molecular complexity index is 1060. The SMILES string of the molecule is [c]1ccc(N2CC(Oc3ccccc3)C(Oc3ccccc3)C(Oc3ccccc3)C2)cc1. The highest BCUT2D eigenvalue weighted by Crippen LogP contribution is 2.29. The molecular weight excluding hydrogens is 410 g/mol. The maximum Gasteiger partial charge on any atom is 0.175 e. The third-order valence-electron chi connectivity index (χ3n) is 5.68. The smallest absolute Gasteiger partial charge is 0.175 e. The summed E-state index contributed by atoms with van der Waals surface area (Å²) in [5.74, 6) is 2.42. The van der Waals surface area contributed by atoms with Crippen molar-refractivity contribution in [2.45, 2.75) is 18.3 Å². The van der Waals surface area contributed by atoms with Crippen molar-refractivity contribution in [3.8, 4) is 17.2 Å². The first-order chi connectivity index (χ1) is 16.3. The molecule has 0 aliphatic carbocycles. The van der Waals surface area contributed by atoms with Crippen LogP contribution in [0.3, 0.4) is 0 Å². The Labute approximate surface area is 195 Å². The molecule has 5 rings (SSSR count). The average Bonchev–Trinajstić information content (AvgIpc) is 2.88. The molecule has 4 aromatic rings. The molecule has 4 heteroatoms. The summed E-state index contributed by atoms with van der Waals surface area (Å²) in [4.78, 5) is 2.29. The van der Waals surface area contributed by atoms with Crippen LogP contribution in [0.2, 0.25) is 0 Å². The number of anilines is 1. The molecule has 0 spiro atoms. The van der Waals surface area contributed by atoms with Gasteiger partial charge >= 0.3 is 0 Å². The Morgan fingerprint density at radius 1 is 0.545 bits per heavy atom. The molecule has 0 saturated carbocycles. The second kappa shape index (κ2) is 10.1. The summed E-state index contributed by atoms with van der Waals surface area (Å²) in [5.41, 5.74) is 1.11. The van der Waals surface area contributed by atoms with Gasteiger partial charge in [-0.3, -0.25) is 0 Å². The summed E-state index contributed by atoms with van der Waals surface area (Å²) in [7, 11) is 0. The van der Waals surface area contributed by atoms with E-state index in [1.165, 1.54) is 0 Å². The summed E-state index contributed by atoms with van der Waals surface area (Å²) in [6.45, 7) is 1.34. The predicted molar refractivity (Wildman–Crippen MR) is 130 cm³/mol. The number of rotatable bonds is 7. The van der Waals surface area contributed by atoms with Gasteiger partial charge in [0, 0.05) is 5.69 Å². The van der Waals surface area contributed by atoms with Gasteiger partial charge in [0.05, 0.1) is 13.1 Å². The van der Waals surface area contributed by atoms with Crippen LogP contribution in [0.4, 0.5) is 5.69 Å². The molecule has 1 saturated heterocycles. The summed E-state index contributed by atoms with van der Waals surface area (Å²) in [5, 5.41) is 0. The van der Waals surface area contributed by atoms with Gasteiger partial charge in [-0.2, -0.15) is 0 Å². The zero-order valence-corrected chi connectivity index (χ0v) is 18.3. The standard InChI is InChI=1S/C29H26NO3/c1-5-13-23(14-6-1)30-21-27(31-24-15-7-2-8-16-24)29(33-26-19-11-4-12-20-26)28(22-30)32-25-17-9-3-10-18-25/h2-20,27-29H,21-22H2. The van der Waals surface area contributed by atoms with E-state index in [0.29, 0.717) is 13.1 Å². The molecule has 1 aliphatic heterocycles. The molecule has 0 N–H and O–H groups in total. The van der Waals surface area contributed by atoms with Crippen molar-refractivity contribution in [3.05, 3.63) is 121 Å². The first kappa shape index (κ1) is 21.0. The van der Waals surface area contributed by atoms with Crippen molar-refractivity contribution in [3.63, 3.8) is 0 Å². The molecule has 4 nitrogen and oxygen atoms in total. The Kier molecular flexibility index (Phi) is 6.43. The lowest BCUT2D eigenvalue weighted by Crippen LogP contribution is -2.61. The fraction of sp³-hybridized carbons (Fsp3) is 0.172. The molecular formula is C29H26NO3. The normalized spacial score (nSPS) is 20.1. The lowest BCUT2D eigenvalue weighted by molar-refractivity contribution is -0.0319. The van der Waals surface area contributed by atoms with Crippen LogP contribution in [-0.2, 0) is 0 Å². The van der Waals surface area contributed by atoms with Gasteiger partial charge in [-0.25, -0.2) is 0 Å². The lowest BCUT2D eigenvalue weighted by atomic mass is 10.00. The van der Waals surface area contributed by atoms with E-state index in [-0.39, 0.29) is 18.3 Å². The van der Waals surface area contributed by atoms with Gasteiger partial charge < -0.3 is 19.1 Å². The van der Waals surface area contributed by atoms with E-state index >= 15 is 0 Å². The first-order valence-corrected chi connectivity index (χ1v) is 11.2. The molecule has 4 aromatic carbocycles. The minimum absolute atomic E-state index is 0.251. The van der Waals surface area contributed by atoms with E-state index in [2.05, 4.69) is 23.1 Å². The molecule has 33 heavy (non-hydrogen) atoms. The molecule has 1 heterocycles. The molecule has 1 radical (unpaired) electrons. The number of para-hydroxylation sites is 3. The molecule has 0 amide bonds. The maximum atomic E-state index is 6.53. The number of nitrogens with zero attached hydrogens (tertiary/aromatic N) is 1. The molecule has 0 aromatic heterocycles. The van der Waals surface area contributed by atoms with E-state index in [1.807, 2.05) is 103 Å². The Hall–Kier alpha value is -3.92. The average molecular weight is 437 g/mol. The molecule has 2 atom stereocenters. The number of benzene rings is 4. The van der Waals surface area contributed by atoms with Crippen LogP contribution < -0.4 is 19.1 Å². The minimum Gasteiger partial charge on any atom is -0.485 e. The van der Waals surface area contributed by atoms with Gasteiger partial charge in [0.15, 0.2) is 18.3 Å². The van der Waals surface area contributed by atoms with Gasteiger partial charge in [-0.1, -0.05) is 66.7 Å². The fourth-order valence-corrected chi connectivity index (χ4v) is 4.12. The van der Waals surface area contributed by atoms with E-state index in [0.717, 1.165) is 22.9 Å². The largest absolute Gasteiger partial charge is 0.485 e. The number of piperidine rings is 1. The Morgan fingerprint density at radius 2 is 0.970 bits per heavy atom. The van der Waals surface area contributed by atoms with Gasteiger partial charge in [0.2, 0.25) is 0 Å². The van der Waals surface area contributed by atoms with Crippen molar-refractivity contribution in [2.24, 2.45) is 0 Å². The van der Waals surface area contributed by atoms with Crippen molar-refractivity contribution < 1.29 is 14.2 Å². The van der Waals surface area contributed by atoms with E-state index < -0.39 is 0 Å². The predicted octanol–water partition coefficient (Wildman–Crippen LogP) is 5.65. The second-order valence-electron chi connectivity index (χ2n) is 8.00. The van der Waals surface area contributed by atoms with Crippen LogP contribution in [-0.4, -0.2) is 31.4 Å². The highest BCUT2D eigenvalue weighted by molar-refractivity contribution is 5.47. The zero-order valence-electron chi connectivity index (χ0n) is 18.3. The number of ether oxygens (including phenoxy) is 3. The van der Waals surface area contributed by atoms with E-state index in [4.69, 9.17) is 14.2 Å². The Balaban J connectivity index is 1.49. The van der Waals surface area contributed by atoms with Crippen LogP contribution in [0.25, 0.3) is 0 Å². The van der Waals surface area contributed by atoms with Crippen LogP contribution in [0.5, 0.6) is 17.2 Å². The van der Waals surface area contributed by atoms with E-state index in [9.17, 15) is 0 Å². The van der Waals surface area contributed by atoms with Crippen LogP contribution in [0.1, 0.15) is 0 Å². The lowest BCUT2D eigenvalue weighted by Gasteiger charge is -2.44. The zero-order chi connectivity index (χ0) is 22.3. The fourth-order valence-electron chi connectivity index (χ4n) is 4.12. The number of hydrogen-bond acceptors (Lipinski definition) is 4. The van der Waals surface area contributed by atoms with Gasteiger partial charge in [-0.15, -0.1) is 0 Å². The highest BCUT2D eigenvalue weighted by Gasteiger charge is 2.42. The molecule has 2 unspecified atom stereocenters. The second-order valence-corrected chi connectivity index (χ2v) is 8.00. The maximum absolute atomic E-state index is 6.53. The summed E-state index contributed by atoms with van der Waals surface area (Å²) < 4.78 is 19.5. The highest BCUT2D eigenvalue weighted by atomic mass is 16.6. The summed E-state index contributed by atoms with van der Waals surface area (Å²) >= 11 is 0. The van der Waals surface area contributed by atoms with Crippen molar-refractivity contribution >= 4 is 5.69 Å². The molecule has 1 fully saturated rings. The monoisotopic (exact) mass is 436 g/mol. The van der Waals surface area contributed by atoms with Crippen molar-refractivity contribution in [1.82, 2.24) is 0 Å². The van der Waals surface area contributed by atoms with E-state index in [1.54, 1.807) is 0 Å². The first-order valence-electron chi connectivity index (χ1n) is 11.2. The van der Waals surface area contributed by atoms with Gasteiger partial charge in [0.25, 0.3) is 0 Å². The topological polar surface area (TPSA) is 30.9 Å². The number of hydrogen-bond donors (Lipinski definition) is 0. The van der Waals surface area contributed by atoms with Crippen molar-refractivity contribution in [2.75, 3.05) is 18.0 Å². The Morgan fingerprint density at radius 3 is 1.42 bits per heavy atom. The minimum atomic E-state index is -0.306. The molecule has 165 valence electrons. The van der Waals surface area contributed by atoms with Crippen LogP contribution >= 0.6 is 0 Å².